The van der Waals surface area contributed by atoms with Crippen molar-refractivity contribution in [3.8, 4) is 0 Å². The third-order valence-electron chi connectivity index (χ3n) is 0. The Morgan fingerprint density at radius 1 is 0.417 bits per heavy atom. The lowest BCUT2D eigenvalue weighted by atomic mass is 10.9. The normalized spacial score (nSPS) is 5.54. The standard InChI is InChI=1S/5C2H4O2.2C2H4/c5*1-2(3)4;2*1-2/h5*1H3,(H,3,4);2*1-2H2. The summed E-state index contributed by atoms with van der Waals surface area (Å²) in [5, 5.41) is 37.1. The summed E-state index contributed by atoms with van der Waals surface area (Å²) < 4.78 is 0. The predicted molar refractivity (Wildman–Crippen MR) is 89.1 cm³/mol. The second-order valence-corrected chi connectivity index (χ2v) is 2.60. The summed E-state index contributed by atoms with van der Waals surface area (Å²) in [7, 11) is 0. The minimum Gasteiger partial charge on any atom is -0.481 e. The molecule has 0 rings (SSSR count). The lowest BCUT2D eigenvalue weighted by Gasteiger charge is -1.59. The van der Waals surface area contributed by atoms with Crippen LogP contribution in [0.2, 0.25) is 0 Å². The van der Waals surface area contributed by atoms with E-state index in [4.69, 9.17) is 49.5 Å². The van der Waals surface area contributed by atoms with E-state index in [0.717, 1.165) is 34.6 Å². The van der Waals surface area contributed by atoms with Gasteiger partial charge in [0.05, 0.1) is 0 Å². The number of aliphatic carboxylic acids is 5. The van der Waals surface area contributed by atoms with Crippen LogP contribution < -0.4 is 0 Å². The number of rotatable bonds is 0. The molecule has 0 bridgehead atoms. The number of carboxylic acids is 5. The Morgan fingerprint density at radius 3 is 0.417 bits per heavy atom. The van der Waals surface area contributed by atoms with Gasteiger partial charge in [-0.25, -0.2) is 0 Å². The molecule has 0 aliphatic carbocycles. The van der Waals surface area contributed by atoms with Crippen molar-refractivity contribution in [1.29, 1.82) is 0 Å². The molecule has 10 nitrogen and oxygen atoms in total. The first-order valence-corrected chi connectivity index (χ1v) is 5.64. The fraction of sp³-hybridized carbons (Fsp3) is 0.357. The van der Waals surface area contributed by atoms with Gasteiger partial charge in [-0.3, -0.25) is 24.0 Å². The molecular formula is C14H28O10. The van der Waals surface area contributed by atoms with Gasteiger partial charge in [0.15, 0.2) is 0 Å². The maximum absolute atomic E-state index is 9.00. The summed E-state index contributed by atoms with van der Waals surface area (Å²) in [6.45, 7) is 17.4. The van der Waals surface area contributed by atoms with Crippen LogP contribution in [0.1, 0.15) is 34.6 Å². The van der Waals surface area contributed by atoms with Gasteiger partial charge in [0.2, 0.25) is 0 Å². The smallest absolute Gasteiger partial charge is 0.300 e. The van der Waals surface area contributed by atoms with Crippen molar-refractivity contribution in [2.75, 3.05) is 0 Å². The molecule has 0 aromatic rings. The molecule has 0 aromatic heterocycles. The zero-order chi connectivity index (χ0) is 21.9. The first-order chi connectivity index (χ1) is 10.7. The van der Waals surface area contributed by atoms with Crippen LogP contribution in [0.5, 0.6) is 0 Å². The van der Waals surface area contributed by atoms with Crippen molar-refractivity contribution in [3.63, 3.8) is 0 Å². The topological polar surface area (TPSA) is 186 Å². The van der Waals surface area contributed by atoms with E-state index in [2.05, 4.69) is 26.3 Å². The summed E-state index contributed by atoms with van der Waals surface area (Å²) in [5.74, 6) is -4.17. The zero-order valence-corrected chi connectivity index (χ0v) is 14.6. The van der Waals surface area contributed by atoms with Gasteiger partial charge in [0.1, 0.15) is 0 Å². The van der Waals surface area contributed by atoms with E-state index in [1.54, 1.807) is 0 Å². The molecule has 0 atom stereocenters. The van der Waals surface area contributed by atoms with Gasteiger partial charge < -0.3 is 25.5 Å². The second-order valence-electron chi connectivity index (χ2n) is 2.60. The minimum atomic E-state index is -0.833. The summed E-state index contributed by atoms with van der Waals surface area (Å²) >= 11 is 0. The van der Waals surface area contributed by atoms with Crippen molar-refractivity contribution >= 4 is 29.8 Å². The maximum Gasteiger partial charge on any atom is 0.300 e. The lowest BCUT2D eigenvalue weighted by molar-refractivity contribution is -0.135. The van der Waals surface area contributed by atoms with E-state index in [1.807, 2.05) is 0 Å². The average Bonchev–Trinajstić information content (AvgIpc) is 2.29. The number of carbonyl (C=O) groups is 5. The van der Waals surface area contributed by atoms with Crippen LogP contribution in [0, 0.1) is 0 Å². The Hall–Kier alpha value is -3.17. The van der Waals surface area contributed by atoms with Gasteiger partial charge in [-0.2, -0.15) is 0 Å². The Labute approximate surface area is 141 Å². The monoisotopic (exact) mass is 356 g/mol. The molecule has 0 aromatic carbocycles. The number of hydrogen-bond donors (Lipinski definition) is 5. The van der Waals surface area contributed by atoms with Crippen LogP contribution in [-0.4, -0.2) is 55.4 Å². The maximum atomic E-state index is 9.00. The largest absolute Gasteiger partial charge is 0.481 e. The Balaban J connectivity index is -0.0000000286. The highest BCUT2D eigenvalue weighted by Gasteiger charge is 1.66. The van der Waals surface area contributed by atoms with Crippen LogP contribution >= 0.6 is 0 Å². The highest BCUT2D eigenvalue weighted by molar-refractivity contribution is 5.63. The fourth-order valence-corrected chi connectivity index (χ4v) is 0. The van der Waals surface area contributed by atoms with E-state index in [-0.39, 0.29) is 0 Å². The van der Waals surface area contributed by atoms with Crippen LogP contribution in [0.3, 0.4) is 0 Å². The molecule has 0 amide bonds. The molecule has 0 aliphatic heterocycles. The third kappa shape index (κ3) is 596. The van der Waals surface area contributed by atoms with Gasteiger partial charge in [0, 0.05) is 34.6 Å². The van der Waals surface area contributed by atoms with Crippen molar-refractivity contribution in [1.82, 2.24) is 0 Å². The quantitative estimate of drug-likeness (QED) is 0.402. The van der Waals surface area contributed by atoms with Crippen LogP contribution in [-0.2, 0) is 24.0 Å². The predicted octanol–water partition coefficient (Wildman–Crippen LogP) is 2.06. The SMILES string of the molecule is C=C.C=C.CC(=O)O.CC(=O)O.CC(=O)O.CC(=O)O.CC(=O)O. The highest BCUT2D eigenvalue weighted by atomic mass is 16.4. The fourth-order valence-electron chi connectivity index (χ4n) is 0. The van der Waals surface area contributed by atoms with E-state index in [9.17, 15) is 0 Å². The molecule has 24 heavy (non-hydrogen) atoms. The molecule has 10 heteroatoms. The average molecular weight is 356 g/mol. The van der Waals surface area contributed by atoms with E-state index in [0.29, 0.717) is 0 Å². The molecule has 0 fully saturated rings. The summed E-state index contributed by atoms with van der Waals surface area (Å²) in [6.07, 6.45) is 0. The zero-order valence-electron chi connectivity index (χ0n) is 14.6. The molecule has 144 valence electrons. The lowest BCUT2D eigenvalue weighted by Crippen LogP contribution is -1.78. The molecule has 0 aliphatic rings. The van der Waals surface area contributed by atoms with Crippen LogP contribution in [0.25, 0.3) is 0 Å². The highest BCUT2D eigenvalue weighted by Crippen LogP contribution is 1.43. The van der Waals surface area contributed by atoms with Crippen molar-refractivity contribution < 1.29 is 49.5 Å². The van der Waals surface area contributed by atoms with E-state index < -0.39 is 29.8 Å². The summed E-state index contributed by atoms with van der Waals surface area (Å²) in [4.78, 5) is 45.0. The van der Waals surface area contributed by atoms with Gasteiger partial charge in [-0.1, -0.05) is 0 Å². The van der Waals surface area contributed by atoms with E-state index >= 15 is 0 Å². The van der Waals surface area contributed by atoms with Crippen molar-refractivity contribution in [3.05, 3.63) is 26.3 Å². The minimum absolute atomic E-state index is 0.833. The molecule has 5 N–H and O–H groups in total. The van der Waals surface area contributed by atoms with Gasteiger partial charge in [-0.15, -0.1) is 26.3 Å². The van der Waals surface area contributed by atoms with Crippen LogP contribution in [0.4, 0.5) is 0 Å². The number of hydrogen-bond acceptors (Lipinski definition) is 5. The summed E-state index contributed by atoms with van der Waals surface area (Å²) in [5.41, 5.74) is 0. The first-order valence-electron chi connectivity index (χ1n) is 5.64. The molecular weight excluding hydrogens is 328 g/mol. The Bertz CT molecular complexity index is 232. The Morgan fingerprint density at radius 2 is 0.417 bits per heavy atom. The molecule has 0 spiro atoms. The molecule has 0 unspecified atom stereocenters. The second kappa shape index (κ2) is 50.2. The van der Waals surface area contributed by atoms with Gasteiger partial charge in [-0.05, 0) is 0 Å². The van der Waals surface area contributed by atoms with Crippen molar-refractivity contribution in [2.45, 2.75) is 34.6 Å². The van der Waals surface area contributed by atoms with Crippen LogP contribution in [0.15, 0.2) is 26.3 Å². The molecule has 0 radical (unpaired) electrons. The van der Waals surface area contributed by atoms with Crippen molar-refractivity contribution in [2.24, 2.45) is 0 Å². The molecule has 0 saturated heterocycles. The van der Waals surface area contributed by atoms with E-state index in [1.165, 1.54) is 0 Å². The third-order valence-corrected chi connectivity index (χ3v) is 0. The summed E-state index contributed by atoms with van der Waals surface area (Å²) in [6, 6.07) is 0. The van der Waals surface area contributed by atoms with Gasteiger partial charge >= 0.3 is 0 Å². The Kier molecular flexibility index (Phi) is 89.6. The van der Waals surface area contributed by atoms with Gasteiger partial charge in [0.25, 0.3) is 29.8 Å². The molecule has 0 saturated carbocycles. The first kappa shape index (κ1) is 42.8. The molecule has 0 heterocycles. The number of carboxylic acid groups (broad SMARTS) is 5.